The predicted octanol–water partition coefficient (Wildman–Crippen LogP) is 2.81. The number of hydrogen-bond acceptors (Lipinski definition) is 4. The van der Waals surface area contributed by atoms with Crippen LogP contribution in [0.5, 0.6) is 0 Å². The van der Waals surface area contributed by atoms with E-state index < -0.39 is 0 Å². The van der Waals surface area contributed by atoms with Crippen LogP contribution in [0.1, 0.15) is 34.8 Å². The fraction of sp³-hybridized carbons (Fsp3) is 0.308. The molecule has 0 bridgehead atoms. The standard InChI is InChI=1S/C13H14O4/c1-3-9-4-6-11(16-9)13(14)12-7-5-10(17-12)8-15-2/h4-7H,3,8H2,1-2H3. The highest BCUT2D eigenvalue weighted by molar-refractivity contribution is 6.05. The predicted molar refractivity (Wildman–Crippen MR) is 60.9 cm³/mol. The van der Waals surface area contributed by atoms with E-state index in [1.165, 1.54) is 0 Å². The first-order chi connectivity index (χ1) is 8.24. The van der Waals surface area contributed by atoms with Gasteiger partial charge in [-0.1, -0.05) is 6.92 Å². The van der Waals surface area contributed by atoms with E-state index in [2.05, 4.69) is 0 Å². The average molecular weight is 234 g/mol. The Morgan fingerprint density at radius 3 is 2.24 bits per heavy atom. The zero-order chi connectivity index (χ0) is 12.3. The Kier molecular flexibility index (Phi) is 3.44. The summed E-state index contributed by atoms with van der Waals surface area (Å²) >= 11 is 0. The second-order valence-corrected chi connectivity index (χ2v) is 3.65. The van der Waals surface area contributed by atoms with Crippen molar-refractivity contribution in [2.75, 3.05) is 7.11 Å². The number of carbonyl (C=O) groups is 1. The number of ether oxygens (including phenoxy) is 1. The van der Waals surface area contributed by atoms with Gasteiger partial charge >= 0.3 is 0 Å². The van der Waals surface area contributed by atoms with Crippen molar-refractivity contribution < 1.29 is 18.4 Å². The first-order valence-corrected chi connectivity index (χ1v) is 5.45. The van der Waals surface area contributed by atoms with Gasteiger partial charge in [0.2, 0.25) is 0 Å². The third-order valence-electron chi connectivity index (χ3n) is 2.41. The Labute approximate surface area is 99.2 Å². The van der Waals surface area contributed by atoms with Gasteiger partial charge in [0, 0.05) is 13.5 Å². The van der Waals surface area contributed by atoms with Crippen LogP contribution in [0.2, 0.25) is 0 Å². The van der Waals surface area contributed by atoms with Crippen LogP contribution >= 0.6 is 0 Å². The molecule has 4 nitrogen and oxygen atoms in total. The maximum atomic E-state index is 12.0. The van der Waals surface area contributed by atoms with Gasteiger partial charge in [-0.15, -0.1) is 0 Å². The molecule has 4 heteroatoms. The number of carbonyl (C=O) groups excluding carboxylic acids is 1. The molecule has 0 fully saturated rings. The third kappa shape index (κ3) is 2.47. The minimum atomic E-state index is -0.243. The van der Waals surface area contributed by atoms with Crippen molar-refractivity contribution in [1.29, 1.82) is 0 Å². The lowest BCUT2D eigenvalue weighted by Crippen LogP contribution is -1.97. The highest BCUT2D eigenvalue weighted by Gasteiger charge is 2.17. The monoisotopic (exact) mass is 234 g/mol. The largest absolute Gasteiger partial charge is 0.457 e. The van der Waals surface area contributed by atoms with Gasteiger partial charge in [0.1, 0.15) is 18.1 Å². The summed E-state index contributed by atoms with van der Waals surface area (Å²) in [5, 5.41) is 0. The molecule has 0 aliphatic carbocycles. The Morgan fingerprint density at radius 2 is 1.71 bits per heavy atom. The molecule has 0 spiro atoms. The molecule has 0 N–H and O–H groups in total. The molecular formula is C13H14O4. The van der Waals surface area contributed by atoms with Crippen molar-refractivity contribution in [3.63, 3.8) is 0 Å². The molecule has 2 heterocycles. The van der Waals surface area contributed by atoms with E-state index in [0.29, 0.717) is 18.1 Å². The topological polar surface area (TPSA) is 52.6 Å². The van der Waals surface area contributed by atoms with E-state index in [-0.39, 0.29) is 11.5 Å². The molecule has 0 aliphatic heterocycles. The van der Waals surface area contributed by atoms with Gasteiger partial charge in [0.05, 0.1) is 0 Å². The summed E-state index contributed by atoms with van der Waals surface area (Å²) in [5.41, 5.74) is 0. The SMILES string of the molecule is CCc1ccc(C(=O)c2ccc(COC)o2)o1. The maximum Gasteiger partial charge on any atom is 0.263 e. The van der Waals surface area contributed by atoms with Gasteiger partial charge in [0.25, 0.3) is 5.78 Å². The van der Waals surface area contributed by atoms with Gasteiger partial charge in [-0.25, -0.2) is 0 Å². The fourth-order valence-corrected chi connectivity index (χ4v) is 1.53. The average Bonchev–Trinajstić information content (AvgIpc) is 2.97. The minimum Gasteiger partial charge on any atom is -0.457 e. The lowest BCUT2D eigenvalue weighted by atomic mass is 10.2. The van der Waals surface area contributed by atoms with E-state index in [1.54, 1.807) is 31.4 Å². The molecule has 0 unspecified atom stereocenters. The lowest BCUT2D eigenvalue weighted by molar-refractivity contribution is 0.0972. The number of rotatable bonds is 5. The number of furan rings is 2. The summed E-state index contributed by atoms with van der Waals surface area (Å²) in [7, 11) is 1.57. The van der Waals surface area contributed by atoms with Crippen molar-refractivity contribution in [3.8, 4) is 0 Å². The highest BCUT2D eigenvalue weighted by atomic mass is 16.5. The zero-order valence-electron chi connectivity index (χ0n) is 9.86. The van der Waals surface area contributed by atoms with Crippen molar-refractivity contribution in [3.05, 3.63) is 47.3 Å². The first kappa shape index (κ1) is 11.7. The molecule has 0 aliphatic rings. The Hall–Kier alpha value is -1.81. The van der Waals surface area contributed by atoms with Crippen LogP contribution in [0.15, 0.2) is 33.1 Å². The number of ketones is 1. The first-order valence-electron chi connectivity index (χ1n) is 5.45. The van der Waals surface area contributed by atoms with E-state index in [4.69, 9.17) is 13.6 Å². The van der Waals surface area contributed by atoms with Gasteiger partial charge in [-0.05, 0) is 24.3 Å². The maximum absolute atomic E-state index is 12.0. The van der Waals surface area contributed by atoms with Crippen LogP contribution < -0.4 is 0 Å². The normalized spacial score (nSPS) is 10.7. The van der Waals surface area contributed by atoms with Crippen molar-refractivity contribution in [2.24, 2.45) is 0 Å². The Bertz CT molecular complexity index is 507. The number of aryl methyl sites for hydroxylation is 1. The molecule has 2 rings (SSSR count). The molecule has 0 atom stereocenters. The quantitative estimate of drug-likeness (QED) is 0.746. The molecule has 0 amide bonds. The molecule has 0 radical (unpaired) electrons. The minimum absolute atomic E-state index is 0.243. The van der Waals surface area contributed by atoms with Gasteiger partial charge < -0.3 is 13.6 Å². The molecule has 0 saturated heterocycles. The molecule has 17 heavy (non-hydrogen) atoms. The van der Waals surface area contributed by atoms with E-state index in [0.717, 1.165) is 12.2 Å². The Balaban J connectivity index is 2.18. The number of methoxy groups -OCH3 is 1. The van der Waals surface area contributed by atoms with Crippen LogP contribution in [0.25, 0.3) is 0 Å². The van der Waals surface area contributed by atoms with Crippen LogP contribution in [-0.4, -0.2) is 12.9 Å². The summed E-state index contributed by atoms with van der Waals surface area (Å²) < 4.78 is 15.6. The summed E-state index contributed by atoms with van der Waals surface area (Å²) in [6.45, 7) is 2.32. The highest BCUT2D eigenvalue weighted by Crippen LogP contribution is 2.16. The second kappa shape index (κ2) is 5.01. The van der Waals surface area contributed by atoms with E-state index in [9.17, 15) is 4.79 Å². The fourth-order valence-electron chi connectivity index (χ4n) is 1.53. The summed E-state index contributed by atoms with van der Waals surface area (Å²) in [5.74, 6) is 1.75. The van der Waals surface area contributed by atoms with Crippen LogP contribution in [-0.2, 0) is 17.8 Å². The van der Waals surface area contributed by atoms with Gasteiger partial charge in [-0.2, -0.15) is 0 Å². The van der Waals surface area contributed by atoms with Crippen molar-refractivity contribution in [2.45, 2.75) is 20.0 Å². The smallest absolute Gasteiger partial charge is 0.263 e. The summed E-state index contributed by atoms with van der Waals surface area (Å²) in [4.78, 5) is 12.0. The zero-order valence-corrected chi connectivity index (χ0v) is 9.86. The molecular weight excluding hydrogens is 220 g/mol. The van der Waals surface area contributed by atoms with Crippen LogP contribution in [0.4, 0.5) is 0 Å². The van der Waals surface area contributed by atoms with Gasteiger partial charge in [-0.3, -0.25) is 4.79 Å². The summed E-state index contributed by atoms with van der Waals surface area (Å²) in [6.07, 6.45) is 0.764. The van der Waals surface area contributed by atoms with Gasteiger partial charge in [0.15, 0.2) is 11.5 Å². The van der Waals surface area contributed by atoms with Crippen molar-refractivity contribution in [1.82, 2.24) is 0 Å². The molecule has 0 aromatic carbocycles. The third-order valence-corrected chi connectivity index (χ3v) is 2.41. The van der Waals surface area contributed by atoms with Crippen LogP contribution in [0.3, 0.4) is 0 Å². The molecule has 0 saturated carbocycles. The van der Waals surface area contributed by atoms with E-state index >= 15 is 0 Å². The number of hydrogen-bond donors (Lipinski definition) is 0. The molecule has 2 aromatic heterocycles. The molecule has 2 aromatic rings. The van der Waals surface area contributed by atoms with E-state index in [1.807, 2.05) is 6.92 Å². The van der Waals surface area contributed by atoms with Crippen molar-refractivity contribution >= 4 is 5.78 Å². The van der Waals surface area contributed by atoms with Crippen LogP contribution in [0, 0.1) is 0 Å². The lowest BCUT2D eigenvalue weighted by Gasteiger charge is -1.94. The molecule has 90 valence electrons. The Morgan fingerprint density at radius 1 is 1.12 bits per heavy atom. The second-order valence-electron chi connectivity index (χ2n) is 3.65. The summed E-state index contributed by atoms with van der Waals surface area (Å²) in [6, 6.07) is 6.82.